The molecule has 0 aliphatic carbocycles. The van der Waals surface area contributed by atoms with Gasteiger partial charge in [-0.1, -0.05) is 29.8 Å². The average Bonchev–Trinajstić information content (AvgIpc) is 3.43. The van der Waals surface area contributed by atoms with E-state index in [0.717, 1.165) is 50.1 Å². The zero-order valence-electron chi connectivity index (χ0n) is 19.3. The molecule has 0 N–H and O–H groups in total. The van der Waals surface area contributed by atoms with E-state index in [2.05, 4.69) is 66.1 Å². The van der Waals surface area contributed by atoms with Crippen LogP contribution in [0.2, 0.25) is 0 Å². The van der Waals surface area contributed by atoms with Crippen molar-refractivity contribution in [3.63, 3.8) is 0 Å². The first-order valence-corrected chi connectivity index (χ1v) is 12.0. The first-order chi connectivity index (χ1) is 15.2. The highest BCUT2D eigenvalue weighted by atomic mass is 16.5. The minimum atomic E-state index is 0.737. The van der Waals surface area contributed by atoms with Crippen LogP contribution in [0.5, 0.6) is 11.5 Å². The van der Waals surface area contributed by atoms with Crippen molar-refractivity contribution in [3.8, 4) is 11.5 Å². The molecule has 2 aliphatic heterocycles. The van der Waals surface area contributed by atoms with Crippen LogP contribution in [-0.2, 0) is 6.42 Å². The summed E-state index contributed by atoms with van der Waals surface area (Å²) in [4.78, 5) is 5.04. The predicted octanol–water partition coefficient (Wildman–Crippen LogP) is 4.72. The molecule has 2 fully saturated rings. The molecule has 0 spiro atoms. The van der Waals surface area contributed by atoms with Gasteiger partial charge in [0, 0.05) is 19.6 Å². The SMILES string of the molecule is Cc1ccc(OCCN2CCC(Cc3ccc(OCCN4CCCC4)c(C)c3)C2)cc1. The average molecular weight is 423 g/mol. The lowest BCUT2D eigenvalue weighted by Gasteiger charge is -2.18. The van der Waals surface area contributed by atoms with Crippen LogP contribution >= 0.6 is 0 Å². The fourth-order valence-electron chi connectivity index (χ4n) is 4.83. The number of hydrogen-bond donors (Lipinski definition) is 0. The molecule has 4 heteroatoms. The smallest absolute Gasteiger partial charge is 0.122 e. The zero-order chi connectivity index (χ0) is 21.5. The van der Waals surface area contributed by atoms with Crippen molar-refractivity contribution in [2.45, 2.75) is 39.5 Å². The summed E-state index contributed by atoms with van der Waals surface area (Å²) in [6, 6.07) is 15.1. The summed E-state index contributed by atoms with van der Waals surface area (Å²) in [5.41, 5.74) is 3.97. The van der Waals surface area contributed by atoms with Crippen molar-refractivity contribution in [2.24, 2.45) is 5.92 Å². The number of benzene rings is 2. The Hall–Kier alpha value is -2.04. The largest absolute Gasteiger partial charge is 0.492 e. The number of rotatable bonds is 10. The molecule has 0 aromatic heterocycles. The van der Waals surface area contributed by atoms with E-state index in [9.17, 15) is 0 Å². The highest BCUT2D eigenvalue weighted by Gasteiger charge is 2.22. The maximum absolute atomic E-state index is 6.06. The molecule has 2 heterocycles. The number of ether oxygens (including phenoxy) is 2. The van der Waals surface area contributed by atoms with Gasteiger partial charge in [0.15, 0.2) is 0 Å². The Morgan fingerprint density at radius 2 is 1.58 bits per heavy atom. The molecule has 0 radical (unpaired) electrons. The Labute approximate surface area is 188 Å². The van der Waals surface area contributed by atoms with Crippen molar-refractivity contribution < 1.29 is 9.47 Å². The highest BCUT2D eigenvalue weighted by molar-refractivity contribution is 5.36. The third-order valence-electron chi connectivity index (χ3n) is 6.69. The van der Waals surface area contributed by atoms with E-state index in [4.69, 9.17) is 9.47 Å². The Balaban J connectivity index is 1.17. The van der Waals surface area contributed by atoms with Crippen LogP contribution in [-0.4, -0.2) is 62.3 Å². The van der Waals surface area contributed by atoms with Crippen molar-refractivity contribution in [2.75, 3.05) is 52.5 Å². The third kappa shape index (κ3) is 6.72. The zero-order valence-corrected chi connectivity index (χ0v) is 19.3. The van der Waals surface area contributed by atoms with E-state index >= 15 is 0 Å². The molecule has 2 aromatic carbocycles. The van der Waals surface area contributed by atoms with Gasteiger partial charge < -0.3 is 9.47 Å². The summed E-state index contributed by atoms with van der Waals surface area (Å²) in [6.45, 7) is 12.7. The Morgan fingerprint density at radius 1 is 0.839 bits per heavy atom. The van der Waals surface area contributed by atoms with Gasteiger partial charge >= 0.3 is 0 Å². The standard InChI is InChI=1S/C27H38N2O2/c1-22-5-8-26(9-6-22)30-17-16-29-14-11-25(21-29)20-24-7-10-27(23(2)19-24)31-18-15-28-12-3-4-13-28/h5-10,19,25H,3-4,11-18,20-21H2,1-2H3. The van der Waals surface area contributed by atoms with Crippen LogP contribution in [0, 0.1) is 19.8 Å². The second-order valence-corrected chi connectivity index (χ2v) is 9.32. The lowest BCUT2D eigenvalue weighted by molar-refractivity contribution is 0.232. The second kappa shape index (κ2) is 11.0. The molecule has 2 saturated heterocycles. The van der Waals surface area contributed by atoms with Crippen molar-refractivity contribution in [1.29, 1.82) is 0 Å². The summed E-state index contributed by atoms with van der Waals surface area (Å²) < 4.78 is 12.0. The van der Waals surface area contributed by atoms with Gasteiger partial charge in [-0.15, -0.1) is 0 Å². The maximum atomic E-state index is 6.06. The Morgan fingerprint density at radius 3 is 2.35 bits per heavy atom. The summed E-state index contributed by atoms with van der Waals surface area (Å²) in [6.07, 6.45) is 5.11. The summed E-state index contributed by atoms with van der Waals surface area (Å²) in [5, 5.41) is 0. The van der Waals surface area contributed by atoms with Gasteiger partial charge in [0.05, 0.1) is 0 Å². The molecule has 2 aliphatic rings. The molecule has 4 nitrogen and oxygen atoms in total. The fraction of sp³-hybridized carbons (Fsp3) is 0.556. The normalized spacial score (nSPS) is 19.7. The second-order valence-electron chi connectivity index (χ2n) is 9.32. The topological polar surface area (TPSA) is 24.9 Å². The van der Waals surface area contributed by atoms with Gasteiger partial charge in [-0.05, 0) is 94.4 Å². The summed E-state index contributed by atoms with van der Waals surface area (Å²) in [7, 11) is 0. The maximum Gasteiger partial charge on any atom is 0.122 e. The van der Waals surface area contributed by atoms with Crippen LogP contribution < -0.4 is 9.47 Å². The molecule has 0 amide bonds. The quantitative estimate of drug-likeness (QED) is 0.553. The van der Waals surface area contributed by atoms with Crippen molar-refractivity contribution in [3.05, 3.63) is 59.2 Å². The molecule has 1 atom stereocenters. The highest BCUT2D eigenvalue weighted by Crippen LogP contribution is 2.25. The van der Waals surface area contributed by atoms with Gasteiger partial charge in [0.25, 0.3) is 0 Å². The molecule has 4 rings (SSSR count). The van der Waals surface area contributed by atoms with Crippen molar-refractivity contribution >= 4 is 0 Å². The lowest BCUT2D eigenvalue weighted by atomic mass is 9.97. The van der Waals surface area contributed by atoms with Gasteiger partial charge in [-0.3, -0.25) is 9.80 Å². The molecule has 168 valence electrons. The summed E-state index contributed by atoms with van der Waals surface area (Å²) >= 11 is 0. The number of likely N-dealkylation sites (tertiary alicyclic amines) is 2. The summed E-state index contributed by atoms with van der Waals surface area (Å²) in [5.74, 6) is 2.75. The van der Waals surface area contributed by atoms with Gasteiger partial charge in [-0.2, -0.15) is 0 Å². The van der Waals surface area contributed by atoms with Crippen LogP contribution in [0.4, 0.5) is 0 Å². The minimum Gasteiger partial charge on any atom is -0.492 e. The van der Waals surface area contributed by atoms with Crippen LogP contribution in [0.1, 0.15) is 36.0 Å². The molecular formula is C27H38N2O2. The molecular weight excluding hydrogens is 384 g/mol. The Kier molecular flexibility index (Phi) is 7.87. The molecule has 0 saturated carbocycles. The molecule has 0 bridgehead atoms. The number of nitrogens with zero attached hydrogens (tertiary/aromatic N) is 2. The van der Waals surface area contributed by atoms with E-state index < -0.39 is 0 Å². The molecule has 2 aromatic rings. The number of aryl methyl sites for hydroxylation is 2. The van der Waals surface area contributed by atoms with Gasteiger partial charge in [0.2, 0.25) is 0 Å². The van der Waals surface area contributed by atoms with E-state index in [1.165, 1.54) is 62.1 Å². The van der Waals surface area contributed by atoms with Gasteiger partial charge in [-0.25, -0.2) is 0 Å². The van der Waals surface area contributed by atoms with E-state index in [-0.39, 0.29) is 0 Å². The first kappa shape index (κ1) is 22.2. The first-order valence-electron chi connectivity index (χ1n) is 12.0. The van der Waals surface area contributed by atoms with E-state index in [0.29, 0.717) is 0 Å². The predicted molar refractivity (Wildman–Crippen MR) is 127 cm³/mol. The van der Waals surface area contributed by atoms with Gasteiger partial charge in [0.1, 0.15) is 24.7 Å². The van der Waals surface area contributed by atoms with Crippen LogP contribution in [0.25, 0.3) is 0 Å². The molecule has 1 unspecified atom stereocenters. The lowest BCUT2D eigenvalue weighted by Crippen LogP contribution is -2.26. The third-order valence-corrected chi connectivity index (χ3v) is 6.69. The molecule has 31 heavy (non-hydrogen) atoms. The van der Waals surface area contributed by atoms with Crippen LogP contribution in [0.15, 0.2) is 42.5 Å². The number of hydrogen-bond acceptors (Lipinski definition) is 4. The minimum absolute atomic E-state index is 0.737. The van der Waals surface area contributed by atoms with Crippen LogP contribution in [0.3, 0.4) is 0 Å². The fourth-order valence-corrected chi connectivity index (χ4v) is 4.83. The van der Waals surface area contributed by atoms with Crippen molar-refractivity contribution in [1.82, 2.24) is 9.80 Å². The van der Waals surface area contributed by atoms with E-state index in [1.807, 2.05) is 0 Å². The Bertz CT molecular complexity index is 814. The monoisotopic (exact) mass is 422 g/mol. The van der Waals surface area contributed by atoms with E-state index in [1.54, 1.807) is 0 Å².